The Morgan fingerprint density at radius 1 is 1.50 bits per heavy atom. The van der Waals surface area contributed by atoms with Crippen molar-refractivity contribution in [3.8, 4) is 0 Å². The number of carbonyl (C=O) groups is 1. The number of carbonyl (C=O) groups excluding carboxylic acids is 1. The molecule has 1 rings (SSSR count). The van der Waals surface area contributed by atoms with Gasteiger partial charge in [0.15, 0.2) is 0 Å². The van der Waals surface area contributed by atoms with Crippen LogP contribution in [-0.4, -0.2) is 23.2 Å². The number of amides is 1. The van der Waals surface area contributed by atoms with E-state index in [9.17, 15) is 4.79 Å². The lowest BCUT2D eigenvalue weighted by Gasteiger charge is -2.26. The number of hydrogen-bond donors (Lipinski definition) is 1. The second kappa shape index (κ2) is 5.25. The molecule has 0 aliphatic heterocycles. The lowest BCUT2D eigenvalue weighted by molar-refractivity contribution is 0.0581. The number of rotatable bonds is 2. The Morgan fingerprint density at radius 2 is 2.11 bits per heavy atom. The van der Waals surface area contributed by atoms with E-state index in [-0.39, 0.29) is 0 Å². The van der Waals surface area contributed by atoms with Crippen molar-refractivity contribution in [1.82, 2.24) is 4.98 Å². The van der Waals surface area contributed by atoms with Gasteiger partial charge in [-0.1, -0.05) is 0 Å². The third-order valence-corrected chi connectivity index (χ3v) is 2.34. The van der Waals surface area contributed by atoms with Gasteiger partial charge in [-0.05, 0) is 46.2 Å². The molecule has 0 radical (unpaired) electrons. The van der Waals surface area contributed by atoms with Crippen molar-refractivity contribution in [2.75, 3.05) is 17.2 Å². The van der Waals surface area contributed by atoms with Crippen LogP contribution in [0, 0.1) is 6.92 Å². The van der Waals surface area contributed by atoms with Crippen molar-refractivity contribution in [1.29, 1.82) is 0 Å². The Labute approximate surface area is 108 Å². The number of nitrogens with zero attached hydrogens (tertiary/aromatic N) is 2. The molecule has 5 heteroatoms. The van der Waals surface area contributed by atoms with Crippen LogP contribution < -0.4 is 10.6 Å². The second-order valence-corrected chi connectivity index (χ2v) is 5.12. The first kappa shape index (κ1) is 14.3. The summed E-state index contributed by atoms with van der Waals surface area (Å²) in [4.78, 5) is 17.7. The zero-order chi connectivity index (χ0) is 13.9. The third-order valence-electron chi connectivity index (χ3n) is 2.34. The van der Waals surface area contributed by atoms with Crippen LogP contribution in [0.1, 0.15) is 33.3 Å². The Morgan fingerprint density at radius 3 is 2.56 bits per heavy atom. The summed E-state index contributed by atoms with van der Waals surface area (Å²) < 4.78 is 5.33. The molecule has 0 saturated carbocycles. The van der Waals surface area contributed by atoms with E-state index in [1.807, 2.05) is 34.6 Å². The van der Waals surface area contributed by atoms with Crippen LogP contribution in [0.5, 0.6) is 0 Å². The van der Waals surface area contributed by atoms with Gasteiger partial charge in [-0.2, -0.15) is 0 Å². The highest BCUT2D eigenvalue weighted by Gasteiger charge is 2.23. The summed E-state index contributed by atoms with van der Waals surface area (Å²) in [5, 5.41) is 0. The van der Waals surface area contributed by atoms with E-state index in [1.54, 1.807) is 12.3 Å². The maximum absolute atomic E-state index is 12.0. The number of anilines is 2. The van der Waals surface area contributed by atoms with Gasteiger partial charge in [0.2, 0.25) is 0 Å². The summed E-state index contributed by atoms with van der Waals surface area (Å²) in [6.07, 6.45) is 1.15. The lowest BCUT2D eigenvalue weighted by Crippen LogP contribution is -2.37. The van der Waals surface area contributed by atoms with E-state index in [1.165, 1.54) is 4.90 Å². The number of ether oxygens (including phenoxy) is 1. The molecule has 1 aromatic rings. The normalized spacial score (nSPS) is 11.2. The van der Waals surface area contributed by atoms with Gasteiger partial charge in [-0.25, -0.2) is 9.78 Å². The van der Waals surface area contributed by atoms with E-state index < -0.39 is 11.7 Å². The molecular weight excluding hydrogens is 230 g/mol. The van der Waals surface area contributed by atoms with Gasteiger partial charge in [0, 0.05) is 6.54 Å². The molecule has 0 saturated heterocycles. The van der Waals surface area contributed by atoms with E-state index in [2.05, 4.69) is 4.98 Å². The SMILES string of the molecule is CCN(C(=O)OC(C)(C)C)c1cc(C)c(N)cn1. The number of nitrogens with two attached hydrogens (primary N) is 1. The molecule has 5 nitrogen and oxygen atoms in total. The minimum atomic E-state index is -0.520. The largest absolute Gasteiger partial charge is 0.443 e. The van der Waals surface area contributed by atoms with Crippen LogP contribution in [-0.2, 0) is 4.74 Å². The van der Waals surface area contributed by atoms with E-state index >= 15 is 0 Å². The topological polar surface area (TPSA) is 68.5 Å². The smallest absolute Gasteiger partial charge is 0.415 e. The molecule has 100 valence electrons. The fraction of sp³-hybridized carbons (Fsp3) is 0.538. The first-order chi connectivity index (χ1) is 8.24. The molecular formula is C13H21N3O2. The Bertz CT molecular complexity index is 438. The number of aromatic nitrogens is 1. The van der Waals surface area contributed by atoms with Crippen LogP contribution >= 0.6 is 0 Å². The summed E-state index contributed by atoms with van der Waals surface area (Å²) in [7, 11) is 0. The van der Waals surface area contributed by atoms with Gasteiger partial charge < -0.3 is 10.5 Å². The first-order valence-corrected chi connectivity index (χ1v) is 5.97. The lowest BCUT2D eigenvalue weighted by atomic mass is 10.2. The highest BCUT2D eigenvalue weighted by molar-refractivity contribution is 5.86. The number of aryl methyl sites for hydroxylation is 1. The highest BCUT2D eigenvalue weighted by atomic mass is 16.6. The van der Waals surface area contributed by atoms with Crippen molar-refractivity contribution < 1.29 is 9.53 Å². The quantitative estimate of drug-likeness (QED) is 0.877. The molecule has 2 N–H and O–H groups in total. The summed E-state index contributed by atoms with van der Waals surface area (Å²) in [6, 6.07) is 1.78. The maximum Gasteiger partial charge on any atom is 0.415 e. The molecule has 0 bridgehead atoms. The molecule has 0 fully saturated rings. The van der Waals surface area contributed by atoms with Crippen LogP contribution in [0.2, 0.25) is 0 Å². The summed E-state index contributed by atoms with van der Waals surface area (Å²) in [5.41, 5.74) is 6.69. The van der Waals surface area contributed by atoms with Crippen molar-refractivity contribution in [2.24, 2.45) is 0 Å². The van der Waals surface area contributed by atoms with Gasteiger partial charge in [0.05, 0.1) is 11.9 Å². The Hall–Kier alpha value is -1.78. The predicted octanol–water partition coefficient (Wildman–Crippen LogP) is 2.73. The van der Waals surface area contributed by atoms with Crippen molar-refractivity contribution in [3.05, 3.63) is 17.8 Å². The average molecular weight is 251 g/mol. The van der Waals surface area contributed by atoms with Gasteiger partial charge in [0.25, 0.3) is 0 Å². The molecule has 0 atom stereocenters. The van der Waals surface area contributed by atoms with Gasteiger partial charge in [-0.15, -0.1) is 0 Å². The third kappa shape index (κ3) is 3.61. The Balaban J connectivity index is 2.95. The molecule has 0 spiro atoms. The number of pyridine rings is 1. The number of nitrogen functional groups attached to an aromatic ring is 1. The molecule has 0 aliphatic carbocycles. The monoisotopic (exact) mass is 251 g/mol. The molecule has 0 aromatic carbocycles. The van der Waals surface area contributed by atoms with E-state index in [0.29, 0.717) is 18.1 Å². The first-order valence-electron chi connectivity index (χ1n) is 5.97. The molecule has 1 aromatic heterocycles. The molecule has 1 heterocycles. The summed E-state index contributed by atoms with van der Waals surface area (Å²) >= 11 is 0. The minimum Gasteiger partial charge on any atom is -0.443 e. The van der Waals surface area contributed by atoms with Gasteiger partial charge in [0.1, 0.15) is 11.4 Å². The van der Waals surface area contributed by atoms with E-state index in [0.717, 1.165) is 5.56 Å². The fourth-order valence-corrected chi connectivity index (χ4v) is 1.40. The zero-order valence-electron chi connectivity index (χ0n) is 11.7. The van der Waals surface area contributed by atoms with Crippen LogP contribution in [0.15, 0.2) is 12.3 Å². The number of hydrogen-bond acceptors (Lipinski definition) is 4. The van der Waals surface area contributed by atoms with Crippen LogP contribution in [0.3, 0.4) is 0 Å². The van der Waals surface area contributed by atoms with Crippen molar-refractivity contribution >= 4 is 17.6 Å². The summed E-state index contributed by atoms with van der Waals surface area (Å²) in [6.45, 7) is 9.74. The van der Waals surface area contributed by atoms with E-state index in [4.69, 9.17) is 10.5 Å². The fourth-order valence-electron chi connectivity index (χ4n) is 1.40. The molecule has 1 amide bonds. The second-order valence-electron chi connectivity index (χ2n) is 5.12. The van der Waals surface area contributed by atoms with Crippen molar-refractivity contribution in [3.63, 3.8) is 0 Å². The minimum absolute atomic E-state index is 0.401. The van der Waals surface area contributed by atoms with Crippen LogP contribution in [0.25, 0.3) is 0 Å². The van der Waals surface area contributed by atoms with Gasteiger partial charge >= 0.3 is 6.09 Å². The predicted molar refractivity (Wildman–Crippen MR) is 72.6 cm³/mol. The average Bonchev–Trinajstić information content (AvgIpc) is 2.21. The highest BCUT2D eigenvalue weighted by Crippen LogP contribution is 2.19. The zero-order valence-corrected chi connectivity index (χ0v) is 11.7. The standard InChI is InChI=1S/C13H21N3O2/c1-6-16(12(17)18-13(3,4)5)11-7-9(2)10(14)8-15-11/h7-8H,6,14H2,1-5H3. The molecule has 0 unspecified atom stereocenters. The Kier molecular flexibility index (Phi) is 4.16. The molecule has 0 aliphatic rings. The summed E-state index contributed by atoms with van der Waals surface area (Å²) in [5.74, 6) is 0.554. The maximum atomic E-state index is 12.0. The van der Waals surface area contributed by atoms with Crippen LogP contribution in [0.4, 0.5) is 16.3 Å². The molecule has 18 heavy (non-hydrogen) atoms. The van der Waals surface area contributed by atoms with Gasteiger partial charge in [-0.3, -0.25) is 4.90 Å². The van der Waals surface area contributed by atoms with Crippen molar-refractivity contribution in [2.45, 2.75) is 40.2 Å².